The van der Waals surface area contributed by atoms with E-state index >= 15 is 0 Å². The molecule has 2 nitrogen and oxygen atoms in total. The van der Waals surface area contributed by atoms with Gasteiger partial charge < -0.3 is 10.4 Å². The van der Waals surface area contributed by atoms with E-state index in [1.807, 2.05) is 0 Å². The van der Waals surface area contributed by atoms with Crippen molar-refractivity contribution in [3.63, 3.8) is 0 Å². The molecule has 0 spiro atoms. The zero-order chi connectivity index (χ0) is 9.80. The second-order valence-electron chi connectivity index (χ2n) is 5.01. The van der Waals surface area contributed by atoms with Gasteiger partial charge in [-0.15, -0.1) is 0 Å². The molecule has 0 heterocycles. The Morgan fingerprint density at radius 3 is 1.93 bits per heavy atom. The number of hydrogen-bond acceptors (Lipinski definition) is 2. The topological polar surface area (TPSA) is 32.3 Å². The van der Waals surface area contributed by atoms with Gasteiger partial charge in [-0.05, 0) is 38.5 Å². The Labute approximate surface area is 87.1 Å². The third kappa shape index (κ3) is 2.96. The van der Waals surface area contributed by atoms with Gasteiger partial charge in [-0.25, -0.2) is 0 Å². The molecule has 2 heteroatoms. The monoisotopic (exact) mass is 197 g/mol. The van der Waals surface area contributed by atoms with Crippen molar-refractivity contribution in [2.75, 3.05) is 0 Å². The maximum Gasteiger partial charge on any atom is 0.0541 e. The third-order valence-corrected chi connectivity index (χ3v) is 3.77. The van der Waals surface area contributed by atoms with Gasteiger partial charge in [-0.2, -0.15) is 0 Å². The molecule has 2 N–H and O–H groups in total. The molecule has 2 aliphatic carbocycles. The largest absolute Gasteiger partial charge is 0.393 e. The Kier molecular flexibility index (Phi) is 3.82. The van der Waals surface area contributed by atoms with Crippen molar-refractivity contribution < 1.29 is 5.11 Å². The van der Waals surface area contributed by atoms with Crippen LogP contribution in [0.5, 0.6) is 0 Å². The van der Waals surface area contributed by atoms with Crippen LogP contribution in [0, 0.1) is 0 Å². The van der Waals surface area contributed by atoms with Gasteiger partial charge in [0.2, 0.25) is 0 Å². The van der Waals surface area contributed by atoms with Crippen molar-refractivity contribution in [3.8, 4) is 0 Å². The van der Waals surface area contributed by atoms with Crippen LogP contribution >= 0.6 is 0 Å². The number of hydrogen-bond donors (Lipinski definition) is 2. The van der Waals surface area contributed by atoms with Crippen molar-refractivity contribution in [1.82, 2.24) is 5.32 Å². The number of aliphatic hydroxyl groups excluding tert-OH is 1. The summed E-state index contributed by atoms with van der Waals surface area (Å²) in [5.41, 5.74) is 0. The summed E-state index contributed by atoms with van der Waals surface area (Å²) in [5, 5.41) is 13.2. The molecule has 0 saturated heterocycles. The van der Waals surface area contributed by atoms with Crippen molar-refractivity contribution in [1.29, 1.82) is 0 Å². The van der Waals surface area contributed by atoms with Crippen LogP contribution in [-0.4, -0.2) is 23.3 Å². The van der Waals surface area contributed by atoms with Crippen molar-refractivity contribution in [2.45, 2.75) is 76.0 Å². The highest BCUT2D eigenvalue weighted by Gasteiger charge is 2.22. The smallest absolute Gasteiger partial charge is 0.0541 e. The van der Waals surface area contributed by atoms with Gasteiger partial charge in [-0.3, -0.25) is 0 Å². The SMILES string of the molecule is OC1CCC(NC2CCCCC2)CC1. The van der Waals surface area contributed by atoms with Gasteiger partial charge in [0.05, 0.1) is 6.10 Å². The van der Waals surface area contributed by atoms with Crippen LogP contribution in [0.4, 0.5) is 0 Å². The average molecular weight is 197 g/mol. The molecule has 0 unspecified atom stereocenters. The lowest BCUT2D eigenvalue weighted by Gasteiger charge is -2.32. The molecule has 0 aromatic rings. The zero-order valence-corrected chi connectivity index (χ0v) is 9.04. The second-order valence-corrected chi connectivity index (χ2v) is 5.01. The molecule has 82 valence electrons. The number of aliphatic hydroxyl groups is 1. The van der Waals surface area contributed by atoms with E-state index in [4.69, 9.17) is 0 Å². The minimum absolute atomic E-state index is 0.0144. The van der Waals surface area contributed by atoms with Gasteiger partial charge in [-0.1, -0.05) is 19.3 Å². The quantitative estimate of drug-likeness (QED) is 0.711. The lowest BCUT2D eigenvalue weighted by molar-refractivity contribution is 0.112. The van der Waals surface area contributed by atoms with Crippen LogP contribution in [0.3, 0.4) is 0 Å². The molecule has 2 rings (SSSR count). The van der Waals surface area contributed by atoms with E-state index in [0.29, 0.717) is 6.04 Å². The summed E-state index contributed by atoms with van der Waals surface area (Å²) in [4.78, 5) is 0. The summed E-state index contributed by atoms with van der Waals surface area (Å²) in [6, 6.07) is 1.48. The van der Waals surface area contributed by atoms with Gasteiger partial charge in [0.25, 0.3) is 0 Å². The van der Waals surface area contributed by atoms with E-state index in [0.717, 1.165) is 18.9 Å². The molecule has 0 aromatic heterocycles. The molecule has 2 fully saturated rings. The fourth-order valence-electron chi connectivity index (χ4n) is 2.85. The minimum atomic E-state index is -0.0144. The van der Waals surface area contributed by atoms with Crippen LogP contribution in [-0.2, 0) is 0 Å². The average Bonchev–Trinajstić information content (AvgIpc) is 2.23. The van der Waals surface area contributed by atoms with Crippen LogP contribution < -0.4 is 5.32 Å². The summed E-state index contributed by atoms with van der Waals surface area (Å²) in [5.74, 6) is 0. The van der Waals surface area contributed by atoms with Crippen molar-refractivity contribution in [3.05, 3.63) is 0 Å². The molecular formula is C12H23NO. The van der Waals surface area contributed by atoms with Crippen molar-refractivity contribution in [2.24, 2.45) is 0 Å². The van der Waals surface area contributed by atoms with Crippen LogP contribution in [0.2, 0.25) is 0 Å². The highest BCUT2D eigenvalue weighted by Crippen LogP contribution is 2.22. The summed E-state index contributed by atoms with van der Waals surface area (Å²) >= 11 is 0. The Hall–Kier alpha value is -0.0800. The molecule has 2 aliphatic rings. The maximum absolute atomic E-state index is 9.41. The molecule has 0 bridgehead atoms. The van der Waals surface area contributed by atoms with Gasteiger partial charge in [0.15, 0.2) is 0 Å². The molecule has 0 aliphatic heterocycles. The first-order chi connectivity index (χ1) is 6.84. The van der Waals surface area contributed by atoms with E-state index in [9.17, 15) is 5.11 Å². The molecule has 14 heavy (non-hydrogen) atoms. The molecular weight excluding hydrogens is 174 g/mol. The standard InChI is InChI=1S/C12H23NO/c14-12-8-6-11(7-9-12)13-10-4-2-1-3-5-10/h10-14H,1-9H2. The Balaban J connectivity index is 1.68. The Bertz CT molecular complexity index is 158. The maximum atomic E-state index is 9.41. The lowest BCUT2D eigenvalue weighted by atomic mass is 9.90. The summed E-state index contributed by atoms with van der Waals surface area (Å²) < 4.78 is 0. The lowest BCUT2D eigenvalue weighted by Crippen LogP contribution is -2.42. The van der Waals surface area contributed by atoms with E-state index in [1.165, 1.54) is 44.9 Å². The molecule has 2 saturated carbocycles. The minimum Gasteiger partial charge on any atom is -0.393 e. The summed E-state index contributed by atoms with van der Waals surface area (Å²) in [6.07, 6.45) is 11.4. The van der Waals surface area contributed by atoms with Crippen LogP contribution in [0.25, 0.3) is 0 Å². The molecule has 0 aromatic carbocycles. The highest BCUT2D eigenvalue weighted by atomic mass is 16.3. The third-order valence-electron chi connectivity index (χ3n) is 3.77. The Morgan fingerprint density at radius 2 is 1.29 bits per heavy atom. The predicted molar refractivity (Wildman–Crippen MR) is 58.3 cm³/mol. The highest BCUT2D eigenvalue weighted by molar-refractivity contribution is 4.81. The van der Waals surface area contributed by atoms with E-state index < -0.39 is 0 Å². The molecule has 0 amide bonds. The van der Waals surface area contributed by atoms with Crippen LogP contribution in [0.1, 0.15) is 57.8 Å². The fourth-order valence-corrected chi connectivity index (χ4v) is 2.85. The van der Waals surface area contributed by atoms with Gasteiger partial charge >= 0.3 is 0 Å². The van der Waals surface area contributed by atoms with Gasteiger partial charge in [0, 0.05) is 12.1 Å². The predicted octanol–water partition coefficient (Wildman–Crippen LogP) is 2.21. The summed E-state index contributed by atoms with van der Waals surface area (Å²) in [7, 11) is 0. The van der Waals surface area contributed by atoms with Crippen LogP contribution in [0.15, 0.2) is 0 Å². The first-order valence-corrected chi connectivity index (χ1v) is 6.29. The molecule has 0 atom stereocenters. The normalized spacial score (nSPS) is 35.8. The first kappa shape index (κ1) is 10.4. The fraction of sp³-hybridized carbons (Fsp3) is 1.00. The number of nitrogens with one attached hydrogen (secondary N) is 1. The Morgan fingerprint density at radius 1 is 0.714 bits per heavy atom. The van der Waals surface area contributed by atoms with E-state index in [1.54, 1.807) is 0 Å². The summed E-state index contributed by atoms with van der Waals surface area (Å²) in [6.45, 7) is 0. The van der Waals surface area contributed by atoms with Crippen molar-refractivity contribution >= 4 is 0 Å². The second kappa shape index (κ2) is 5.13. The zero-order valence-electron chi connectivity index (χ0n) is 9.04. The van der Waals surface area contributed by atoms with Gasteiger partial charge in [0.1, 0.15) is 0 Å². The number of rotatable bonds is 2. The van der Waals surface area contributed by atoms with E-state index in [-0.39, 0.29) is 6.10 Å². The first-order valence-electron chi connectivity index (χ1n) is 6.29. The molecule has 0 radical (unpaired) electrons. The van der Waals surface area contributed by atoms with E-state index in [2.05, 4.69) is 5.32 Å².